The fourth-order valence-corrected chi connectivity index (χ4v) is 2.45. The molecule has 1 aliphatic rings. The molecular formula is C12H12ClF3N2O2. The SMILES string of the molecule is O=C(O)[C@@H]1CC[C@H](Nc2ncc(C(F)(F)F)cc2Cl)C1. The number of pyridine rings is 1. The van der Waals surface area contributed by atoms with E-state index in [4.69, 9.17) is 16.7 Å². The van der Waals surface area contributed by atoms with Gasteiger partial charge < -0.3 is 10.4 Å². The number of hydrogen-bond acceptors (Lipinski definition) is 3. The molecule has 1 aliphatic carbocycles. The molecular weight excluding hydrogens is 297 g/mol. The molecule has 4 nitrogen and oxygen atoms in total. The molecule has 0 radical (unpaired) electrons. The molecule has 8 heteroatoms. The molecule has 110 valence electrons. The van der Waals surface area contributed by atoms with E-state index < -0.39 is 23.6 Å². The van der Waals surface area contributed by atoms with Crippen LogP contribution in [-0.4, -0.2) is 22.1 Å². The zero-order valence-corrected chi connectivity index (χ0v) is 11.0. The van der Waals surface area contributed by atoms with Crippen LogP contribution in [0.2, 0.25) is 5.02 Å². The number of carboxylic acids is 1. The van der Waals surface area contributed by atoms with Crippen molar-refractivity contribution in [2.45, 2.75) is 31.5 Å². The van der Waals surface area contributed by atoms with Crippen LogP contribution >= 0.6 is 11.6 Å². The van der Waals surface area contributed by atoms with E-state index in [9.17, 15) is 18.0 Å². The molecule has 0 amide bonds. The lowest BCUT2D eigenvalue weighted by Gasteiger charge is -2.15. The van der Waals surface area contributed by atoms with Gasteiger partial charge in [0.05, 0.1) is 16.5 Å². The summed E-state index contributed by atoms with van der Waals surface area (Å²) in [6.07, 6.45) is -2.22. The van der Waals surface area contributed by atoms with E-state index in [-0.39, 0.29) is 16.9 Å². The standard InChI is InChI=1S/C12H12ClF3N2O2/c13-9-4-7(12(14,15)16)5-17-10(9)18-8-2-1-6(3-8)11(19)20/h4-6,8H,1-3H2,(H,17,18)(H,19,20)/t6-,8+/m1/s1. The van der Waals surface area contributed by atoms with Gasteiger partial charge in [-0.3, -0.25) is 4.79 Å². The Balaban J connectivity index is 2.06. The Morgan fingerprint density at radius 3 is 2.65 bits per heavy atom. The summed E-state index contributed by atoms with van der Waals surface area (Å²) in [4.78, 5) is 14.5. The Bertz CT molecular complexity index is 522. The summed E-state index contributed by atoms with van der Waals surface area (Å²) in [5.41, 5.74) is -0.914. The number of carboxylic acid groups (broad SMARTS) is 1. The molecule has 0 bridgehead atoms. The highest BCUT2D eigenvalue weighted by atomic mass is 35.5. The Labute approximate surface area is 118 Å². The second kappa shape index (κ2) is 5.47. The van der Waals surface area contributed by atoms with Gasteiger partial charge in [0.15, 0.2) is 0 Å². The van der Waals surface area contributed by atoms with Gasteiger partial charge in [0.25, 0.3) is 0 Å². The highest BCUT2D eigenvalue weighted by molar-refractivity contribution is 6.33. The average Bonchev–Trinajstić information content (AvgIpc) is 2.79. The van der Waals surface area contributed by atoms with E-state index in [0.717, 1.165) is 6.07 Å². The minimum absolute atomic E-state index is 0.126. The van der Waals surface area contributed by atoms with Gasteiger partial charge in [-0.1, -0.05) is 11.6 Å². The second-order valence-electron chi connectivity index (χ2n) is 4.74. The maximum Gasteiger partial charge on any atom is 0.417 e. The summed E-state index contributed by atoms with van der Waals surface area (Å²) in [5, 5.41) is 11.7. The zero-order valence-electron chi connectivity index (χ0n) is 10.2. The van der Waals surface area contributed by atoms with Crippen LogP contribution in [0.4, 0.5) is 19.0 Å². The van der Waals surface area contributed by atoms with Crippen molar-refractivity contribution >= 4 is 23.4 Å². The van der Waals surface area contributed by atoms with Crippen molar-refractivity contribution in [2.24, 2.45) is 5.92 Å². The molecule has 1 aromatic rings. The molecule has 2 rings (SSSR count). The number of carbonyl (C=O) groups is 1. The molecule has 0 aromatic carbocycles. The molecule has 0 unspecified atom stereocenters. The molecule has 1 fully saturated rings. The van der Waals surface area contributed by atoms with Crippen LogP contribution in [0.25, 0.3) is 0 Å². The van der Waals surface area contributed by atoms with Crippen molar-refractivity contribution in [1.82, 2.24) is 4.98 Å². The highest BCUT2D eigenvalue weighted by Gasteiger charge is 2.33. The van der Waals surface area contributed by atoms with Crippen LogP contribution in [0.3, 0.4) is 0 Å². The van der Waals surface area contributed by atoms with Crippen LogP contribution in [0, 0.1) is 5.92 Å². The molecule has 2 atom stereocenters. The summed E-state index contributed by atoms with van der Waals surface area (Å²) in [6.45, 7) is 0. The van der Waals surface area contributed by atoms with Gasteiger partial charge in [-0.15, -0.1) is 0 Å². The second-order valence-corrected chi connectivity index (χ2v) is 5.15. The molecule has 0 aliphatic heterocycles. The fourth-order valence-electron chi connectivity index (χ4n) is 2.23. The molecule has 1 heterocycles. The van der Waals surface area contributed by atoms with Crippen molar-refractivity contribution in [3.63, 3.8) is 0 Å². The first-order valence-corrected chi connectivity index (χ1v) is 6.37. The highest BCUT2D eigenvalue weighted by Crippen LogP contribution is 2.34. The Morgan fingerprint density at radius 1 is 1.45 bits per heavy atom. The number of nitrogens with one attached hydrogen (secondary N) is 1. The van der Waals surface area contributed by atoms with E-state index in [2.05, 4.69) is 10.3 Å². The lowest BCUT2D eigenvalue weighted by molar-refractivity contribution is -0.141. The molecule has 1 saturated carbocycles. The van der Waals surface area contributed by atoms with Gasteiger partial charge in [0.1, 0.15) is 5.82 Å². The van der Waals surface area contributed by atoms with Gasteiger partial charge >= 0.3 is 12.1 Å². The predicted octanol–water partition coefficient (Wildman–Crippen LogP) is 3.42. The number of hydrogen-bond donors (Lipinski definition) is 2. The number of nitrogens with zero attached hydrogens (tertiary/aromatic N) is 1. The Hall–Kier alpha value is -1.50. The minimum Gasteiger partial charge on any atom is -0.481 e. The summed E-state index contributed by atoms with van der Waals surface area (Å²) < 4.78 is 37.4. The Morgan fingerprint density at radius 2 is 2.15 bits per heavy atom. The van der Waals surface area contributed by atoms with E-state index >= 15 is 0 Å². The maximum atomic E-state index is 12.5. The number of halogens is 4. The first-order valence-electron chi connectivity index (χ1n) is 5.99. The zero-order chi connectivity index (χ0) is 14.9. The van der Waals surface area contributed by atoms with Crippen molar-refractivity contribution in [3.05, 3.63) is 22.8 Å². The van der Waals surface area contributed by atoms with Crippen LogP contribution in [-0.2, 0) is 11.0 Å². The molecule has 2 N–H and O–H groups in total. The number of anilines is 1. The summed E-state index contributed by atoms with van der Waals surface area (Å²) in [5.74, 6) is -1.14. The quantitative estimate of drug-likeness (QED) is 0.898. The van der Waals surface area contributed by atoms with E-state index in [1.807, 2.05) is 0 Å². The van der Waals surface area contributed by atoms with E-state index in [0.29, 0.717) is 25.5 Å². The maximum absolute atomic E-state index is 12.5. The smallest absolute Gasteiger partial charge is 0.417 e. The lowest BCUT2D eigenvalue weighted by Crippen LogP contribution is -2.19. The number of aliphatic carboxylic acids is 1. The first kappa shape index (κ1) is 14.9. The van der Waals surface area contributed by atoms with Gasteiger partial charge in [-0.25, -0.2) is 4.98 Å². The Kier molecular flexibility index (Phi) is 4.08. The third kappa shape index (κ3) is 3.33. The van der Waals surface area contributed by atoms with Crippen molar-refractivity contribution < 1.29 is 23.1 Å². The van der Waals surface area contributed by atoms with Gasteiger partial charge in [-0.2, -0.15) is 13.2 Å². The predicted molar refractivity (Wildman–Crippen MR) is 66.6 cm³/mol. The van der Waals surface area contributed by atoms with Gasteiger partial charge in [0, 0.05) is 12.2 Å². The van der Waals surface area contributed by atoms with Crippen molar-refractivity contribution in [3.8, 4) is 0 Å². The van der Waals surface area contributed by atoms with E-state index in [1.165, 1.54) is 0 Å². The summed E-state index contributed by atoms with van der Waals surface area (Å²) in [6, 6.07) is 0.665. The summed E-state index contributed by atoms with van der Waals surface area (Å²) >= 11 is 5.77. The molecule has 1 aromatic heterocycles. The monoisotopic (exact) mass is 308 g/mol. The molecule has 20 heavy (non-hydrogen) atoms. The van der Waals surface area contributed by atoms with Crippen LogP contribution in [0.5, 0.6) is 0 Å². The van der Waals surface area contributed by atoms with Crippen LogP contribution in [0.15, 0.2) is 12.3 Å². The number of aromatic nitrogens is 1. The minimum atomic E-state index is -4.49. The van der Waals surface area contributed by atoms with Crippen LogP contribution in [0.1, 0.15) is 24.8 Å². The van der Waals surface area contributed by atoms with Crippen LogP contribution < -0.4 is 5.32 Å². The van der Waals surface area contributed by atoms with Gasteiger partial charge in [-0.05, 0) is 25.3 Å². The normalized spacial score (nSPS) is 22.8. The molecule has 0 spiro atoms. The van der Waals surface area contributed by atoms with Crippen molar-refractivity contribution in [2.75, 3.05) is 5.32 Å². The first-order chi connectivity index (χ1) is 9.27. The third-order valence-electron chi connectivity index (χ3n) is 3.29. The van der Waals surface area contributed by atoms with E-state index in [1.54, 1.807) is 0 Å². The fraction of sp³-hybridized carbons (Fsp3) is 0.500. The van der Waals surface area contributed by atoms with Crippen molar-refractivity contribution in [1.29, 1.82) is 0 Å². The third-order valence-corrected chi connectivity index (χ3v) is 3.58. The van der Waals surface area contributed by atoms with Gasteiger partial charge in [0.2, 0.25) is 0 Å². The average molecular weight is 309 g/mol. The number of rotatable bonds is 3. The largest absolute Gasteiger partial charge is 0.481 e. The lowest BCUT2D eigenvalue weighted by atomic mass is 10.1. The summed E-state index contributed by atoms with van der Waals surface area (Å²) in [7, 11) is 0. The molecule has 0 saturated heterocycles. The topological polar surface area (TPSA) is 62.2 Å². The number of alkyl halides is 3.